The number of carbonyl (C=O) groups excluding carboxylic acids is 2. The molecule has 2 amide bonds. The van der Waals surface area contributed by atoms with E-state index in [1.165, 1.54) is 23.5 Å². The highest BCUT2D eigenvalue weighted by Gasteiger charge is 2.33. The van der Waals surface area contributed by atoms with Gasteiger partial charge in [0.2, 0.25) is 5.91 Å². The number of piperidine rings is 1. The number of likely N-dealkylation sites (tertiary alicyclic amines) is 1. The Morgan fingerprint density at radius 3 is 2.56 bits per heavy atom. The number of benzene rings is 1. The van der Waals surface area contributed by atoms with Crippen molar-refractivity contribution in [2.75, 3.05) is 17.6 Å². The summed E-state index contributed by atoms with van der Waals surface area (Å²) in [6.45, 7) is 2.15. The highest BCUT2D eigenvalue weighted by atomic mass is 32.2. The second-order valence-corrected chi connectivity index (χ2v) is 9.63. The van der Waals surface area contributed by atoms with E-state index in [4.69, 9.17) is 0 Å². The van der Waals surface area contributed by atoms with Gasteiger partial charge in [0.1, 0.15) is 6.04 Å². The molecule has 1 N–H and O–H groups in total. The maximum Gasteiger partial charge on any atom is 0.264 e. The summed E-state index contributed by atoms with van der Waals surface area (Å²) >= 11 is 1.37. The van der Waals surface area contributed by atoms with Crippen LogP contribution in [-0.2, 0) is 14.6 Å². The van der Waals surface area contributed by atoms with Gasteiger partial charge in [-0.15, -0.1) is 11.3 Å². The van der Waals surface area contributed by atoms with Crippen molar-refractivity contribution >= 4 is 38.7 Å². The third-order valence-electron chi connectivity index (χ3n) is 4.66. The molecule has 1 aliphatic heterocycles. The highest BCUT2D eigenvalue weighted by molar-refractivity contribution is 7.91. The summed E-state index contributed by atoms with van der Waals surface area (Å²) in [5.74, 6) is -0.333. The molecule has 2 aromatic rings. The molecule has 144 valence electrons. The molecule has 1 fully saturated rings. The third kappa shape index (κ3) is 4.39. The van der Waals surface area contributed by atoms with E-state index in [2.05, 4.69) is 5.32 Å². The van der Waals surface area contributed by atoms with E-state index >= 15 is 0 Å². The molecule has 1 atom stereocenters. The Morgan fingerprint density at radius 1 is 1.19 bits per heavy atom. The minimum Gasteiger partial charge on any atom is -0.326 e. The van der Waals surface area contributed by atoms with Gasteiger partial charge in [-0.25, -0.2) is 8.42 Å². The first-order valence-corrected chi connectivity index (χ1v) is 11.4. The molecule has 0 spiro atoms. The van der Waals surface area contributed by atoms with Crippen LogP contribution in [0.5, 0.6) is 0 Å². The number of sulfone groups is 1. The summed E-state index contributed by atoms with van der Waals surface area (Å²) in [6.07, 6.45) is 2.38. The first-order valence-electron chi connectivity index (χ1n) is 8.90. The molecule has 0 bridgehead atoms. The van der Waals surface area contributed by atoms with Crippen LogP contribution in [0.1, 0.15) is 35.9 Å². The van der Waals surface area contributed by atoms with Crippen LogP contribution in [0.25, 0.3) is 0 Å². The Balaban J connectivity index is 1.73. The normalized spacial score (nSPS) is 17.5. The van der Waals surface area contributed by atoms with E-state index in [1.807, 2.05) is 11.4 Å². The Kier molecular flexibility index (Phi) is 5.96. The summed E-state index contributed by atoms with van der Waals surface area (Å²) in [4.78, 5) is 28.0. The number of hydrogen-bond acceptors (Lipinski definition) is 5. The maximum atomic E-state index is 12.8. The summed E-state index contributed by atoms with van der Waals surface area (Å²) in [5, 5.41) is 4.66. The average Bonchev–Trinajstić information content (AvgIpc) is 3.22. The zero-order chi connectivity index (χ0) is 19.4. The fraction of sp³-hybridized carbons (Fsp3) is 0.368. The minimum atomic E-state index is -3.27. The molecule has 6 nitrogen and oxygen atoms in total. The maximum absolute atomic E-state index is 12.8. The Labute approximate surface area is 163 Å². The molecule has 2 heterocycles. The predicted molar refractivity (Wildman–Crippen MR) is 106 cm³/mol. The molecule has 1 unspecified atom stereocenters. The molecule has 3 rings (SSSR count). The number of hydrogen-bond donors (Lipinski definition) is 1. The standard InChI is InChI=1S/C19H22N2O4S2/c1-2-27(24,25)15-10-8-14(9-11-15)20-18(22)16-6-3-4-12-21(16)19(23)17-7-5-13-26-17/h5,7-11,13,16H,2-4,6,12H2,1H3,(H,20,22). The molecular weight excluding hydrogens is 384 g/mol. The molecule has 0 radical (unpaired) electrons. The predicted octanol–water partition coefficient (Wildman–Crippen LogP) is 3.18. The number of nitrogens with zero attached hydrogens (tertiary/aromatic N) is 1. The minimum absolute atomic E-state index is 0.0283. The first kappa shape index (κ1) is 19.6. The lowest BCUT2D eigenvalue weighted by Gasteiger charge is -2.34. The fourth-order valence-electron chi connectivity index (χ4n) is 3.13. The van der Waals surface area contributed by atoms with Gasteiger partial charge in [-0.3, -0.25) is 9.59 Å². The van der Waals surface area contributed by atoms with Gasteiger partial charge in [0.15, 0.2) is 9.84 Å². The number of amides is 2. The molecule has 0 saturated carbocycles. The Bertz CT molecular complexity index is 906. The molecule has 1 aromatic heterocycles. The number of anilines is 1. The van der Waals surface area contributed by atoms with Crippen LogP contribution in [0.4, 0.5) is 5.69 Å². The second kappa shape index (κ2) is 8.22. The van der Waals surface area contributed by atoms with Crippen LogP contribution in [0.2, 0.25) is 0 Å². The smallest absolute Gasteiger partial charge is 0.264 e. The zero-order valence-electron chi connectivity index (χ0n) is 15.1. The molecular formula is C19H22N2O4S2. The molecule has 1 saturated heterocycles. The van der Waals surface area contributed by atoms with E-state index in [0.29, 0.717) is 23.5 Å². The summed E-state index contributed by atoms with van der Waals surface area (Å²) in [7, 11) is -3.27. The average molecular weight is 407 g/mol. The van der Waals surface area contributed by atoms with E-state index in [9.17, 15) is 18.0 Å². The Morgan fingerprint density at radius 2 is 1.93 bits per heavy atom. The van der Waals surface area contributed by atoms with Crippen molar-refractivity contribution in [2.45, 2.75) is 37.1 Å². The van der Waals surface area contributed by atoms with Crippen LogP contribution in [0.3, 0.4) is 0 Å². The number of nitrogens with one attached hydrogen (secondary N) is 1. The van der Waals surface area contributed by atoms with Crippen molar-refractivity contribution in [2.24, 2.45) is 0 Å². The van der Waals surface area contributed by atoms with Gasteiger partial charge in [0.25, 0.3) is 5.91 Å². The van der Waals surface area contributed by atoms with Crippen molar-refractivity contribution in [1.29, 1.82) is 0 Å². The number of rotatable bonds is 5. The monoisotopic (exact) mass is 406 g/mol. The zero-order valence-corrected chi connectivity index (χ0v) is 16.7. The molecule has 27 heavy (non-hydrogen) atoms. The topological polar surface area (TPSA) is 83.6 Å². The highest BCUT2D eigenvalue weighted by Crippen LogP contribution is 2.23. The summed E-state index contributed by atoms with van der Waals surface area (Å²) < 4.78 is 23.8. The van der Waals surface area contributed by atoms with Crippen molar-refractivity contribution < 1.29 is 18.0 Å². The lowest BCUT2D eigenvalue weighted by atomic mass is 10.0. The van der Waals surface area contributed by atoms with Gasteiger partial charge < -0.3 is 10.2 Å². The fourth-order valence-corrected chi connectivity index (χ4v) is 4.69. The van der Waals surface area contributed by atoms with Gasteiger partial charge >= 0.3 is 0 Å². The lowest BCUT2D eigenvalue weighted by Crippen LogP contribution is -2.49. The van der Waals surface area contributed by atoms with E-state index < -0.39 is 15.9 Å². The van der Waals surface area contributed by atoms with Gasteiger partial charge in [-0.05, 0) is 55.0 Å². The summed E-state index contributed by atoms with van der Waals surface area (Å²) in [6, 6.07) is 9.20. The quantitative estimate of drug-likeness (QED) is 0.827. The largest absolute Gasteiger partial charge is 0.326 e. The number of carbonyl (C=O) groups is 2. The molecule has 1 aliphatic rings. The Hall–Kier alpha value is -2.19. The van der Waals surface area contributed by atoms with Gasteiger partial charge in [0, 0.05) is 12.2 Å². The van der Waals surface area contributed by atoms with Crippen LogP contribution < -0.4 is 5.32 Å². The first-order chi connectivity index (χ1) is 12.9. The van der Waals surface area contributed by atoms with Gasteiger partial charge in [-0.2, -0.15) is 0 Å². The lowest BCUT2D eigenvalue weighted by molar-refractivity contribution is -0.121. The van der Waals surface area contributed by atoms with Crippen molar-refractivity contribution in [3.8, 4) is 0 Å². The van der Waals surface area contributed by atoms with Crippen LogP contribution in [-0.4, -0.2) is 43.5 Å². The van der Waals surface area contributed by atoms with E-state index in [1.54, 1.807) is 30.0 Å². The molecule has 8 heteroatoms. The van der Waals surface area contributed by atoms with Crippen molar-refractivity contribution in [3.05, 3.63) is 46.7 Å². The third-order valence-corrected chi connectivity index (χ3v) is 7.27. The van der Waals surface area contributed by atoms with Crippen LogP contribution in [0.15, 0.2) is 46.7 Å². The van der Waals surface area contributed by atoms with Gasteiger partial charge in [-0.1, -0.05) is 13.0 Å². The van der Waals surface area contributed by atoms with Crippen LogP contribution >= 0.6 is 11.3 Å². The van der Waals surface area contributed by atoms with E-state index in [-0.39, 0.29) is 22.5 Å². The molecule has 1 aromatic carbocycles. The van der Waals surface area contributed by atoms with Crippen LogP contribution in [0, 0.1) is 0 Å². The molecule has 0 aliphatic carbocycles. The van der Waals surface area contributed by atoms with Gasteiger partial charge in [0.05, 0.1) is 15.5 Å². The van der Waals surface area contributed by atoms with Crippen molar-refractivity contribution in [3.63, 3.8) is 0 Å². The number of thiophene rings is 1. The second-order valence-electron chi connectivity index (χ2n) is 6.40. The summed E-state index contributed by atoms with van der Waals surface area (Å²) in [5.41, 5.74) is 0.518. The SMILES string of the molecule is CCS(=O)(=O)c1ccc(NC(=O)C2CCCCN2C(=O)c2cccs2)cc1. The van der Waals surface area contributed by atoms with E-state index in [0.717, 1.165) is 12.8 Å². The van der Waals surface area contributed by atoms with Crippen molar-refractivity contribution in [1.82, 2.24) is 4.90 Å².